The molecule has 0 amide bonds. The van der Waals surface area contributed by atoms with Crippen LogP contribution in [0.15, 0.2) is 30.3 Å². The lowest BCUT2D eigenvalue weighted by molar-refractivity contribution is 0.0994. The number of aryl methyl sites for hydroxylation is 1. The Bertz CT molecular complexity index is 805. The Balaban J connectivity index is 1.47. The van der Waals surface area contributed by atoms with Crippen LogP contribution in [0.5, 0.6) is 5.75 Å². The summed E-state index contributed by atoms with van der Waals surface area (Å²) in [5.74, 6) is -0.253. The number of nitrogens with one attached hydrogen (secondary N) is 1. The zero-order valence-electron chi connectivity index (χ0n) is 13.6. The molecule has 0 radical (unpaired) electrons. The molecule has 1 saturated carbocycles. The zero-order valence-corrected chi connectivity index (χ0v) is 13.6. The topological polar surface area (TPSA) is 51.2 Å². The summed E-state index contributed by atoms with van der Waals surface area (Å²) in [7, 11) is 0. The Kier molecular flexibility index (Phi) is 4.11. The molecule has 0 aliphatic heterocycles. The van der Waals surface area contributed by atoms with Crippen molar-refractivity contribution in [3.05, 3.63) is 53.2 Å². The number of pyridine rings is 1. The molecule has 2 atom stereocenters. The van der Waals surface area contributed by atoms with Crippen molar-refractivity contribution in [2.45, 2.75) is 44.2 Å². The third-order valence-electron chi connectivity index (χ3n) is 4.77. The predicted molar refractivity (Wildman–Crippen MR) is 88.9 cm³/mol. The first-order valence-electron chi connectivity index (χ1n) is 8.51. The fraction of sp³-hybridized carbons (Fsp3) is 0.368. The smallest absolute Gasteiger partial charge is 0.165 e. The van der Waals surface area contributed by atoms with Crippen LogP contribution in [0, 0.1) is 11.6 Å². The second-order valence-electron chi connectivity index (χ2n) is 6.56. The van der Waals surface area contributed by atoms with Crippen molar-refractivity contribution in [1.29, 1.82) is 0 Å². The molecule has 1 aromatic heterocycles. The molecule has 1 aromatic carbocycles. The number of Topliss-reactive ketones (excluding diaryl/α,β-unsaturated/α-hetero) is 1. The van der Waals surface area contributed by atoms with Gasteiger partial charge in [0.05, 0.1) is 11.7 Å². The maximum absolute atomic E-state index is 13.3. The number of carbonyl (C=O) groups excluding carboxylic acids is 1. The molecule has 25 heavy (non-hydrogen) atoms. The van der Waals surface area contributed by atoms with Crippen molar-refractivity contribution >= 4 is 11.6 Å². The molecule has 2 aromatic rings. The van der Waals surface area contributed by atoms with Gasteiger partial charge < -0.3 is 10.1 Å². The number of anilines is 1. The summed E-state index contributed by atoms with van der Waals surface area (Å²) in [5.41, 5.74) is 1.54. The Labute approximate surface area is 144 Å². The number of hydrogen-bond acceptors (Lipinski definition) is 4. The number of halogens is 2. The van der Waals surface area contributed by atoms with Crippen molar-refractivity contribution in [2.24, 2.45) is 0 Å². The Morgan fingerprint density at radius 3 is 2.68 bits per heavy atom. The van der Waals surface area contributed by atoms with Crippen LogP contribution in [0.25, 0.3) is 0 Å². The van der Waals surface area contributed by atoms with Gasteiger partial charge in [-0.3, -0.25) is 4.79 Å². The van der Waals surface area contributed by atoms with E-state index in [1.54, 1.807) is 6.07 Å². The van der Waals surface area contributed by atoms with Gasteiger partial charge in [0.15, 0.2) is 5.78 Å². The van der Waals surface area contributed by atoms with Gasteiger partial charge in [-0.05, 0) is 37.8 Å². The maximum atomic E-state index is 13.3. The lowest BCUT2D eigenvalue weighted by Gasteiger charge is -2.23. The number of ketones is 1. The molecule has 1 heterocycles. The molecular formula is C19H18F2N2O2. The van der Waals surface area contributed by atoms with Crippen LogP contribution in [0.2, 0.25) is 0 Å². The van der Waals surface area contributed by atoms with Crippen LogP contribution in [0.4, 0.5) is 14.6 Å². The van der Waals surface area contributed by atoms with E-state index in [-0.39, 0.29) is 23.7 Å². The third-order valence-corrected chi connectivity index (χ3v) is 4.77. The summed E-state index contributed by atoms with van der Waals surface area (Å²) < 4.78 is 32.5. The van der Waals surface area contributed by atoms with Gasteiger partial charge in [-0.1, -0.05) is 0 Å². The van der Waals surface area contributed by atoms with Gasteiger partial charge in [0.1, 0.15) is 29.3 Å². The largest absolute Gasteiger partial charge is 0.488 e. The Morgan fingerprint density at radius 2 is 1.88 bits per heavy atom. The van der Waals surface area contributed by atoms with E-state index in [2.05, 4.69) is 10.3 Å². The van der Waals surface area contributed by atoms with Gasteiger partial charge in [-0.15, -0.1) is 0 Å². The van der Waals surface area contributed by atoms with E-state index in [1.165, 1.54) is 12.1 Å². The van der Waals surface area contributed by atoms with Crippen molar-refractivity contribution in [2.75, 3.05) is 5.32 Å². The SMILES string of the molecule is O=C1CCc2nc(N[C@H]3CCC[C@H]3Oc3cc(F)cc(F)c3)ccc21. The fourth-order valence-electron chi connectivity index (χ4n) is 3.59. The standard InChI is InChI=1S/C19H18F2N2O2/c20-11-8-12(21)10-13(9-11)25-18-3-1-2-16(18)23-19-7-4-14-15(22-19)5-6-17(14)24/h4,7-10,16,18H,1-3,5-6H2,(H,22,23)/t16-,18+/m0/s1. The van der Waals surface area contributed by atoms with Crippen molar-refractivity contribution < 1.29 is 18.3 Å². The van der Waals surface area contributed by atoms with E-state index in [0.29, 0.717) is 24.2 Å². The minimum Gasteiger partial charge on any atom is -0.488 e. The summed E-state index contributed by atoms with van der Waals surface area (Å²) >= 11 is 0. The lowest BCUT2D eigenvalue weighted by Crippen LogP contribution is -2.33. The molecular weight excluding hydrogens is 326 g/mol. The minimum atomic E-state index is -0.650. The highest BCUT2D eigenvalue weighted by Gasteiger charge is 2.30. The normalized spacial score (nSPS) is 22.1. The average Bonchev–Trinajstić information content (AvgIpc) is 3.14. The second-order valence-corrected chi connectivity index (χ2v) is 6.56. The summed E-state index contributed by atoms with van der Waals surface area (Å²) in [5, 5.41) is 3.35. The van der Waals surface area contributed by atoms with E-state index in [0.717, 1.165) is 31.0 Å². The van der Waals surface area contributed by atoms with Gasteiger partial charge >= 0.3 is 0 Å². The first kappa shape index (κ1) is 16.0. The van der Waals surface area contributed by atoms with E-state index in [9.17, 15) is 13.6 Å². The lowest BCUT2D eigenvalue weighted by atomic mass is 10.2. The highest BCUT2D eigenvalue weighted by molar-refractivity contribution is 6.00. The fourth-order valence-corrected chi connectivity index (χ4v) is 3.59. The predicted octanol–water partition coefficient (Wildman–Crippen LogP) is 3.90. The molecule has 1 fully saturated rings. The number of hydrogen-bond donors (Lipinski definition) is 1. The molecule has 2 aliphatic rings. The van der Waals surface area contributed by atoms with Crippen molar-refractivity contribution in [3.63, 3.8) is 0 Å². The van der Waals surface area contributed by atoms with Gasteiger partial charge in [0.25, 0.3) is 0 Å². The quantitative estimate of drug-likeness (QED) is 0.914. The number of benzene rings is 1. The monoisotopic (exact) mass is 344 g/mol. The van der Waals surface area contributed by atoms with Gasteiger partial charge in [-0.2, -0.15) is 0 Å². The van der Waals surface area contributed by atoms with Crippen LogP contribution >= 0.6 is 0 Å². The van der Waals surface area contributed by atoms with Crippen molar-refractivity contribution in [1.82, 2.24) is 4.98 Å². The summed E-state index contributed by atoms with van der Waals surface area (Å²) in [6.07, 6.45) is 3.67. The first-order valence-corrected chi connectivity index (χ1v) is 8.51. The molecule has 4 nitrogen and oxygen atoms in total. The number of carbonyl (C=O) groups is 1. The second kappa shape index (κ2) is 6.43. The summed E-state index contributed by atoms with van der Waals surface area (Å²) in [6, 6.07) is 6.84. The summed E-state index contributed by atoms with van der Waals surface area (Å²) in [6.45, 7) is 0. The van der Waals surface area contributed by atoms with Crippen LogP contribution in [0.1, 0.15) is 41.7 Å². The van der Waals surface area contributed by atoms with Gasteiger partial charge in [0, 0.05) is 30.2 Å². The third kappa shape index (κ3) is 3.34. The van der Waals surface area contributed by atoms with E-state index >= 15 is 0 Å². The van der Waals surface area contributed by atoms with E-state index in [4.69, 9.17) is 4.74 Å². The molecule has 0 unspecified atom stereocenters. The number of ether oxygens (including phenoxy) is 1. The average molecular weight is 344 g/mol. The molecule has 0 spiro atoms. The Morgan fingerprint density at radius 1 is 1.08 bits per heavy atom. The molecule has 130 valence electrons. The highest BCUT2D eigenvalue weighted by Crippen LogP contribution is 2.29. The van der Waals surface area contributed by atoms with Gasteiger partial charge in [0.2, 0.25) is 0 Å². The van der Waals surface area contributed by atoms with Crippen LogP contribution < -0.4 is 10.1 Å². The number of aromatic nitrogens is 1. The number of rotatable bonds is 4. The molecule has 6 heteroatoms. The zero-order chi connectivity index (χ0) is 17.4. The molecule has 2 aliphatic carbocycles. The van der Waals surface area contributed by atoms with E-state index < -0.39 is 11.6 Å². The number of fused-ring (bicyclic) bond motifs is 1. The molecule has 4 rings (SSSR count). The summed E-state index contributed by atoms with van der Waals surface area (Å²) in [4.78, 5) is 16.2. The van der Waals surface area contributed by atoms with Crippen LogP contribution in [0.3, 0.4) is 0 Å². The Hall–Kier alpha value is -2.50. The minimum absolute atomic E-state index is 0.00832. The molecule has 0 bridgehead atoms. The van der Waals surface area contributed by atoms with E-state index in [1.807, 2.05) is 6.07 Å². The molecule has 0 saturated heterocycles. The number of nitrogens with zero attached hydrogens (tertiary/aromatic N) is 1. The van der Waals surface area contributed by atoms with Crippen LogP contribution in [-0.2, 0) is 6.42 Å². The van der Waals surface area contributed by atoms with Crippen LogP contribution in [-0.4, -0.2) is 22.9 Å². The molecule has 1 N–H and O–H groups in total. The first-order chi connectivity index (χ1) is 12.1. The van der Waals surface area contributed by atoms with Gasteiger partial charge in [-0.25, -0.2) is 13.8 Å². The maximum Gasteiger partial charge on any atom is 0.165 e. The van der Waals surface area contributed by atoms with Crippen molar-refractivity contribution in [3.8, 4) is 5.75 Å². The highest BCUT2D eigenvalue weighted by atomic mass is 19.1.